The Kier molecular flexibility index (Phi) is 8.74. The molecule has 0 unspecified atom stereocenters. The van der Waals surface area contributed by atoms with Crippen LogP contribution in [-0.2, 0) is 9.98 Å². The highest BCUT2D eigenvalue weighted by Gasteiger charge is 2.51. The second-order valence-electron chi connectivity index (χ2n) is 17.4. The summed E-state index contributed by atoms with van der Waals surface area (Å²) in [4.78, 5) is 3.81. The third-order valence-corrected chi connectivity index (χ3v) is 17.0. The van der Waals surface area contributed by atoms with E-state index in [4.69, 9.17) is 11.3 Å². The first-order chi connectivity index (χ1) is 33.0. The zero-order valence-corrected chi connectivity index (χ0v) is 37.1. The first kappa shape index (κ1) is 38.9. The van der Waals surface area contributed by atoms with Gasteiger partial charge in [-0.2, -0.15) is 0 Å². The third-order valence-electron chi connectivity index (χ3n) is 14.0. The van der Waals surface area contributed by atoms with Crippen molar-refractivity contribution in [1.82, 2.24) is 4.57 Å². The van der Waals surface area contributed by atoms with Crippen LogP contribution in [0.5, 0.6) is 11.5 Å². The molecule has 1 aliphatic heterocycles. The lowest BCUT2D eigenvalue weighted by molar-refractivity contribution is 0.436. The lowest BCUT2D eigenvalue weighted by Gasteiger charge is -2.40. The van der Waals surface area contributed by atoms with Crippen LogP contribution in [0.25, 0.3) is 65.7 Å². The van der Waals surface area contributed by atoms with E-state index in [0.29, 0.717) is 5.69 Å². The maximum absolute atomic E-state index is 15.3. The summed E-state index contributed by atoms with van der Waals surface area (Å²) in [5.74, 6) is 1.64. The fourth-order valence-corrected chi connectivity index (χ4v) is 13.6. The first-order valence-corrected chi connectivity index (χ1v) is 24.2. The molecule has 0 fully saturated rings. The van der Waals surface area contributed by atoms with Gasteiger partial charge in [0, 0.05) is 38.1 Å². The van der Waals surface area contributed by atoms with Gasteiger partial charge in [0.25, 0.3) is 0 Å². The number of para-hydroxylation sites is 1. The van der Waals surface area contributed by atoms with E-state index in [1.165, 1.54) is 22.3 Å². The first-order valence-electron chi connectivity index (χ1n) is 22.5. The highest BCUT2D eigenvalue weighted by Crippen LogP contribution is 2.63. The lowest BCUT2D eigenvalue weighted by Crippen LogP contribution is -2.32. The molecule has 1 aromatic heterocycles. The molecule has 11 aromatic rings. The van der Waals surface area contributed by atoms with Gasteiger partial charge in [0.15, 0.2) is 12.8 Å². The topological polar surface area (TPSA) is 35.6 Å². The SMILES string of the molecule is [C-]#[N+]c1ccc2c(c1)c1cc(-c3ccc4c(c3)C3(c5cc(-c6ccc(P(=O)(c7ccccc7)c7ccccc7)cc6)ccc5O4)c4ccccc4-c4ccccc43)ccc1n2-c1ccccc1. The van der Waals surface area contributed by atoms with Crippen molar-refractivity contribution in [2.45, 2.75) is 5.41 Å². The van der Waals surface area contributed by atoms with Crippen LogP contribution in [0.2, 0.25) is 0 Å². The van der Waals surface area contributed by atoms with Gasteiger partial charge in [-0.05, 0) is 111 Å². The Balaban J connectivity index is 0.990. The summed E-state index contributed by atoms with van der Waals surface area (Å²) in [5.41, 5.74) is 14.4. The fourth-order valence-electron chi connectivity index (χ4n) is 11.0. The van der Waals surface area contributed by atoms with Crippen molar-refractivity contribution in [2.75, 3.05) is 0 Å². The van der Waals surface area contributed by atoms with Crippen molar-refractivity contribution in [1.29, 1.82) is 0 Å². The number of aromatic nitrogens is 1. The van der Waals surface area contributed by atoms with E-state index in [1.807, 2.05) is 91.0 Å². The number of benzene rings is 10. The minimum atomic E-state index is -3.14. The normalized spacial score (nSPS) is 13.1. The molecule has 5 heteroatoms. The van der Waals surface area contributed by atoms with E-state index in [-0.39, 0.29) is 0 Å². The Morgan fingerprint density at radius 3 is 1.45 bits per heavy atom. The van der Waals surface area contributed by atoms with Crippen LogP contribution < -0.4 is 20.7 Å². The van der Waals surface area contributed by atoms with Gasteiger partial charge in [-0.15, -0.1) is 0 Å². The molecule has 0 saturated carbocycles. The zero-order chi connectivity index (χ0) is 44.7. The van der Waals surface area contributed by atoms with Crippen molar-refractivity contribution >= 4 is 50.5 Å². The summed E-state index contributed by atoms with van der Waals surface area (Å²) in [5, 5.41) is 4.55. The van der Waals surface area contributed by atoms with Crippen molar-refractivity contribution in [2.24, 2.45) is 0 Å². The predicted octanol–water partition coefficient (Wildman–Crippen LogP) is 14.8. The molecule has 2 aliphatic rings. The van der Waals surface area contributed by atoms with Gasteiger partial charge < -0.3 is 13.9 Å². The second-order valence-corrected chi connectivity index (χ2v) is 20.2. The van der Waals surface area contributed by atoms with Crippen molar-refractivity contribution in [3.63, 3.8) is 0 Å². The van der Waals surface area contributed by atoms with Crippen LogP contribution in [0.15, 0.2) is 237 Å². The van der Waals surface area contributed by atoms with Gasteiger partial charge in [0.1, 0.15) is 11.5 Å². The van der Waals surface area contributed by atoms with Crippen LogP contribution >= 0.6 is 7.14 Å². The summed E-state index contributed by atoms with van der Waals surface area (Å²) >= 11 is 0. The van der Waals surface area contributed by atoms with Crippen LogP contribution in [0.3, 0.4) is 0 Å². The zero-order valence-electron chi connectivity index (χ0n) is 36.2. The molecule has 2 heterocycles. The molecule has 314 valence electrons. The van der Waals surface area contributed by atoms with E-state index in [9.17, 15) is 0 Å². The van der Waals surface area contributed by atoms with E-state index < -0.39 is 12.6 Å². The second kappa shape index (κ2) is 15.0. The molecule has 0 bridgehead atoms. The molecule has 0 radical (unpaired) electrons. The van der Waals surface area contributed by atoms with Crippen LogP contribution in [-0.4, -0.2) is 4.57 Å². The number of ether oxygens (including phenoxy) is 1. The van der Waals surface area contributed by atoms with Crippen LogP contribution in [0, 0.1) is 6.57 Å². The molecule has 67 heavy (non-hydrogen) atoms. The Bertz CT molecular complexity index is 3780. The van der Waals surface area contributed by atoms with E-state index >= 15 is 4.57 Å². The molecule has 10 aromatic carbocycles. The third kappa shape index (κ3) is 5.76. The summed E-state index contributed by atoms with van der Waals surface area (Å²) in [6.07, 6.45) is 0. The monoisotopic (exact) mass is 874 g/mol. The lowest BCUT2D eigenvalue weighted by atomic mass is 9.65. The molecule has 0 N–H and O–H groups in total. The summed E-state index contributed by atoms with van der Waals surface area (Å²) < 4.78 is 24.6. The number of rotatable bonds is 6. The number of fused-ring (bicyclic) bond motifs is 12. The van der Waals surface area contributed by atoms with Crippen LogP contribution in [0.4, 0.5) is 5.69 Å². The van der Waals surface area contributed by atoms with Gasteiger partial charge >= 0.3 is 0 Å². The standard InChI is InChI=1S/C62H39N2O2P/c1-63-45-30-34-59-53(40-45)52-37-42(27-33-58(52)64(59)46-15-5-2-6-16-46)44-29-36-61-57(39-44)62(54-23-13-11-21-50(54)51-22-12-14-24-55(51)62)56-38-43(28-35-60(56)66-61)41-25-31-49(32-26-41)67(65,47-17-7-3-8-18-47)48-19-9-4-10-20-48/h2-40H. The number of nitrogens with zero attached hydrogens (tertiary/aromatic N) is 2. The quantitative estimate of drug-likeness (QED) is 0.123. The van der Waals surface area contributed by atoms with Gasteiger partial charge in [0.2, 0.25) is 0 Å². The maximum Gasteiger partial charge on any atom is 0.188 e. The van der Waals surface area contributed by atoms with Gasteiger partial charge in [0.05, 0.1) is 23.0 Å². The van der Waals surface area contributed by atoms with Crippen molar-refractivity contribution in [3.8, 4) is 50.6 Å². The minimum Gasteiger partial charge on any atom is -0.457 e. The smallest absolute Gasteiger partial charge is 0.188 e. The van der Waals surface area contributed by atoms with E-state index in [0.717, 1.165) is 88.3 Å². The molecule has 0 atom stereocenters. The Morgan fingerprint density at radius 1 is 0.418 bits per heavy atom. The molecule has 1 spiro atoms. The Labute approximate surface area is 388 Å². The van der Waals surface area contributed by atoms with Crippen molar-refractivity contribution < 1.29 is 9.30 Å². The van der Waals surface area contributed by atoms with E-state index in [1.54, 1.807) is 0 Å². The average Bonchev–Trinajstić information content (AvgIpc) is 3.89. The maximum atomic E-state index is 15.3. The Hall–Kier alpha value is -8.48. The van der Waals surface area contributed by atoms with Gasteiger partial charge in [-0.3, -0.25) is 0 Å². The molecule has 0 saturated heterocycles. The summed E-state index contributed by atoms with van der Waals surface area (Å²) in [6.45, 7) is 7.85. The van der Waals surface area contributed by atoms with Gasteiger partial charge in [-0.25, -0.2) is 4.85 Å². The van der Waals surface area contributed by atoms with Crippen LogP contribution in [0.1, 0.15) is 22.3 Å². The predicted molar refractivity (Wildman–Crippen MR) is 275 cm³/mol. The molecule has 0 amide bonds. The highest BCUT2D eigenvalue weighted by molar-refractivity contribution is 7.85. The van der Waals surface area contributed by atoms with E-state index in [2.05, 4.69) is 155 Å². The van der Waals surface area contributed by atoms with Crippen molar-refractivity contribution in [3.05, 3.63) is 270 Å². The molecular formula is C62H39N2O2P. The molecular weight excluding hydrogens is 836 g/mol. The largest absolute Gasteiger partial charge is 0.457 e. The molecule has 4 nitrogen and oxygen atoms in total. The molecule has 1 aliphatic carbocycles. The summed E-state index contributed by atoms with van der Waals surface area (Å²) in [7, 11) is -3.14. The number of hydrogen-bond donors (Lipinski definition) is 0. The summed E-state index contributed by atoms with van der Waals surface area (Å²) in [6, 6.07) is 81.9. The number of hydrogen-bond acceptors (Lipinski definition) is 2. The van der Waals surface area contributed by atoms with Gasteiger partial charge in [-0.1, -0.05) is 176 Å². The minimum absolute atomic E-state index is 0.616. The fraction of sp³-hybridized carbons (Fsp3) is 0.0161. The Morgan fingerprint density at radius 2 is 0.866 bits per heavy atom. The highest BCUT2D eigenvalue weighted by atomic mass is 31.2. The molecule has 13 rings (SSSR count). The average molecular weight is 875 g/mol.